The lowest BCUT2D eigenvalue weighted by Crippen LogP contribution is -2.38. The molecular weight excluding hydrogens is 355 g/mol. The molecule has 0 aliphatic carbocycles. The Morgan fingerprint density at radius 1 is 1.27 bits per heavy atom. The monoisotopic (exact) mass is 374 g/mol. The van der Waals surface area contributed by atoms with Gasteiger partial charge in [-0.2, -0.15) is 0 Å². The van der Waals surface area contributed by atoms with Crippen molar-refractivity contribution in [2.45, 2.75) is 39.0 Å². The number of ether oxygens (including phenoxy) is 1. The van der Waals surface area contributed by atoms with E-state index in [-0.39, 0.29) is 23.5 Å². The molecule has 1 aliphatic rings. The number of hydrogen-bond donors (Lipinski definition) is 0. The summed E-state index contributed by atoms with van der Waals surface area (Å²) in [6.07, 6.45) is 0.679. The van der Waals surface area contributed by atoms with Crippen LogP contribution in [0.3, 0.4) is 0 Å². The van der Waals surface area contributed by atoms with Crippen molar-refractivity contribution >= 4 is 21.6 Å². The predicted molar refractivity (Wildman–Crippen MR) is 99.4 cm³/mol. The smallest absolute Gasteiger partial charge is 0.331 e. The lowest BCUT2D eigenvalue weighted by Gasteiger charge is -2.30. The van der Waals surface area contributed by atoms with Gasteiger partial charge in [-0.1, -0.05) is 18.2 Å². The number of benzene rings is 1. The minimum absolute atomic E-state index is 0.0721. The number of hydrogen-bond acceptors (Lipinski definition) is 4. The highest BCUT2D eigenvalue weighted by molar-refractivity contribution is 7.19. The number of aromatic nitrogens is 2. The fourth-order valence-electron chi connectivity index (χ4n) is 3.39. The summed E-state index contributed by atoms with van der Waals surface area (Å²) in [6.45, 7) is 4.42. The van der Waals surface area contributed by atoms with Crippen LogP contribution in [0, 0.1) is 5.82 Å². The van der Waals surface area contributed by atoms with Crippen LogP contribution >= 0.6 is 11.3 Å². The van der Waals surface area contributed by atoms with E-state index in [1.807, 2.05) is 13.8 Å². The zero-order valence-electron chi connectivity index (χ0n) is 14.8. The van der Waals surface area contributed by atoms with Crippen LogP contribution in [0.2, 0.25) is 0 Å². The van der Waals surface area contributed by atoms with Gasteiger partial charge in [0.15, 0.2) is 0 Å². The first-order valence-corrected chi connectivity index (χ1v) is 9.21. The van der Waals surface area contributed by atoms with Gasteiger partial charge in [0.05, 0.1) is 24.3 Å². The molecule has 0 saturated carbocycles. The van der Waals surface area contributed by atoms with E-state index in [2.05, 4.69) is 0 Å². The Hall–Kier alpha value is -2.25. The standard InChI is InChI=1S/C19H19FN2O3S/c1-19(2)8-14-12(10-25-19)15-16(26-14)17(23)21(3)18(24)22(15)9-11-6-4-5-7-13(11)20/h4-7H,8-10H2,1-3H3. The van der Waals surface area contributed by atoms with Crippen LogP contribution in [0.4, 0.5) is 4.39 Å². The molecule has 0 amide bonds. The molecule has 3 heterocycles. The van der Waals surface area contributed by atoms with Crippen molar-refractivity contribution in [3.63, 3.8) is 0 Å². The van der Waals surface area contributed by atoms with Crippen molar-refractivity contribution in [1.29, 1.82) is 0 Å². The number of rotatable bonds is 2. The second-order valence-electron chi connectivity index (χ2n) is 7.23. The third kappa shape index (κ3) is 2.62. The second-order valence-corrected chi connectivity index (χ2v) is 8.34. The Balaban J connectivity index is 2.01. The minimum Gasteiger partial charge on any atom is -0.370 e. The first kappa shape index (κ1) is 17.2. The van der Waals surface area contributed by atoms with Crippen LogP contribution < -0.4 is 11.2 Å². The van der Waals surface area contributed by atoms with Crippen molar-refractivity contribution in [3.05, 3.63) is 66.9 Å². The Morgan fingerprint density at radius 2 is 2.00 bits per heavy atom. The van der Waals surface area contributed by atoms with Crippen LogP contribution in [0.25, 0.3) is 10.2 Å². The molecule has 0 saturated heterocycles. The summed E-state index contributed by atoms with van der Waals surface area (Å²) in [6, 6.07) is 6.36. The van der Waals surface area contributed by atoms with Crippen molar-refractivity contribution in [2.24, 2.45) is 7.05 Å². The van der Waals surface area contributed by atoms with Gasteiger partial charge in [0.2, 0.25) is 0 Å². The van der Waals surface area contributed by atoms with Gasteiger partial charge in [-0.15, -0.1) is 11.3 Å². The Labute approximate surface area is 153 Å². The summed E-state index contributed by atoms with van der Waals surface area (Å²) < 4.78 is 23.2. The maximum absolute atomic E-state index is 14.1. The highest BCUT2D eigenvalue weighted by Gasteiger charge is 2.31. The van der Waals surface area contributed by atoms with Gasteiger partial charge in [-0.05, 0) is 19.9 Å². The summed E-state index contributed by atoms with van der Waals surface area (Å²) in [7, 11) is 1.46. The van der Waals surface area contributed by atoms with Crippen LogP contribution in [-0.2, 0) is 31.4 Å². The first-order valence-electron chi connectivity index (χ1n) is 8.40. The normalized spacial score (nSPS) is 16.0. The molecular formula is C19H19FN2O3S. The van der Waals surface area contributed by atoms with Crippen molar-refractivity contribution in [3.8, 4) is 0 Å². The fraction of sp³-hybridized carbons (Fsp3) is 0.368. The molecule has 7 heteroatoms. The summed E-state index contributed by atoms with van der Waals surface area (Å²) in [5.41, 5.74) is 0.789. The number of thiophene rings is 1. The third-order valence-electron chi connectivity index (χ3n) is 4.83. The Bertz CT molecular complexity index is 1140. The maximum atomic E-state index is 14.1. The molecule has 5 nitrogen and oxygen atoms in total. The molecule has 1 aromatic carbocycles. The third-order valence-corrected chi connectivity index (χ3v) is 6.04. The molecule has 0 spiro atoms. The lowest BCUT2D eigenvalue weighted by atomic mass is 9.98. The Kier molecular flexibility index (Phi) is 3.89. The largest absolute Gasteiger partial charge is 0.370 e. The van der Waals surface area contributed by atoms with Crippen molar-refractivity contribution in [1.82, 2.24) is 9.13 Å². The van der Waals surface area contributed by atoms with Crippen molar-refractivity contribution in [2.75, 3.05) is 0 Å². The van der Waals surface area contributed by atoms with E-state index in [1.165, 1.54) is 29.0 Å². The van der Waals surface area contributed by atoms with Gasteiger partial charge in [0, 0.05) is 29.5 Å². The maximum Gasteiger partial charge on any atom is 0.331 e. The van der Waals surface area contributed by atoms with E-state index < -0.39 is 5.69 Å². The molecule has 1 aliphatic heterocycles. The molecule has 26 heavy (non-hydrogen) atoms. The average molecular weight is 374 g/mol. The minimum atomic E-state index is -0.448. The molecule has 0 unspecified atom stereocenters. The highest BCUT2D eigenvalue weighted by Crippen LogP contribution is 2.37. The summed E-state index contributed by atoms with van der Waals surface area (Å²) in [5, 5.41) is 0. The van der Waals surface area contributed by atoms with E-state index in [0.717, 1.165) is 15.0 Å². The van der Waals surface area contributed by atoms with E-state index >= 15 is 0 Å². The van der Waals surface area contributed by atoms with Crippen LogP contribution in [-0.4, -0.2) is 14.7 Å². The lowest BCUT2D eigenvalue weighted by molar-refractivity contribution is -0.0384. The molecule has 3 aromatic rings. The summed E-state index contributed by atoms with van der Waals surface area (Å²) in [4.78, 5) is 26.5. The molecule has 0 bridgehead atoms. The van der Waals surface area contributed by atoms with Gasteiger partial charge in [0.25, 0.3) is 5.56 Å². The average Bonchev–Trinajstić information content (AvgIpc) is 2.95. The number of nitrogens with zero attached hydrogens (tertiary/aromatic N) is 2. The fourth-order valence-corrected chi connectivity index (χ4v) is 4.89. The molecule has 0 N–H and O–H groups in total. The van der Waals surface area contributed by atoms with E-state index in [1.54, 1.807) is 18.2 Å². The zero-order valence-corrected chi connectivity index (χ0v) is 15.7. The van der Waals surface area contributed by atoms with E-state index in [9.17, 15) is 14.0 Å². The number of fused-ring (bicyclic) bond motifs is 3. The Morgan fingerprint density at radius 3 is 2.73 bits per heavy atom. The molecule has 0 radical (unpaired) electrons. The van der Waals surface area contributed by atoms with Gasteiger partial charge in [0.1, 0.15) is 10.5 Å². The van der Waals surface area contributed by atoms with E-state index in [0.29, 0.717) is 28.8 Å². The van der Waals surface area contributed by atoms with Gasteiger partial charge in [-0.25, -0.2) is 9.18 Å². The quantitative estimate of drug-likeness (QED) is 0.693. The van der Waals surface area contributed by atoms with Crippen LogP contribution in [0.1, 0.15) is 29.9 Å². The van der Waals surface area contributed by atoms with Gasteiger partial charge in [-0.3, -0.25) is 13.9 Å². The molecule has 2 aromatic heterocycles. The van der Waals surface area contributed by atoms with Gasteiger partial charge < -0.3 is 4.74 Å². The van der Waals surface area contributed by atoms with E-state index in [4.69, 9.17) is 4.74 Å². The number of halogens is 1. The molecule has 0 fully saturated rings. The SMILES string of the molecule is Cn1c(=O)c2sc3c(c2n(Cc2ccccc2F)c1=O)COC(C)(C)C3. The highest BCUT2D eigenvalue weighted by atomic mass is 32.1. The molecule has 4 rings (SSSR count). The topological polar surface area (TPSA) is 53.2 Å². The van der Waals surface area contributed by atoms with Crippen molar-refractivity contribution < 1.29 is 9.13 Å². The second kappa shape index (κ2) is 5.89. The zero-order chi connectivity index (χ0) is 18.6. The van der Waals surface area contributed by atoms with Crippen LogP contribution in [0.15, 0.2) is 33.9 Å². The first-order chi connectivity index (χ1) is 12.3. The summed E-state index contributed by atoms with van der Waals surface area (Å²) >= 11 is 1.41. The molecule has 136 valence electrons. The predicted octanol–water partition coefficient (Wildman–Crippen LogP) is 2.80. The van der Waals surface area contributed by atoms with Gasteiger partial charge >= 0.3 is 5.69 Å². The summed E-state index contributed by atoms with van der Waals surface area (Å²) in [5.74, 6) is -0.372. The molecule has 0 atom stereocenters. The van der Waals surface area contributed by atoms with Crippen LogP contribution in [0.5, 0.6) is 0 Å².